The molecule has 0 N–H and O–H groups in total. The zero-order valence-electron chi connectivity index (χ0n) is 13.0. The third kappa shape index (κ3) is 4.63. The van der Waals surface area contributed by atoms with E-state index in [2.05, 4.69) is 19.2 Å². The Kier molecular flexibility index (Phi) is 6.03. The van der Waals surface area contributed by atoms with Crippen LogP contribution in [0.25, 0.3) is 0 Å². The van der Waals surface area contributed by atoms with Gasteiger partial charge in [0.1, 0.15) is 12.4 Å². The SMILES string of the molecule is C=C/C(=C\C(=C)C1CCC(CC#N)C1)OCc1ccccc1. The molecule has 22 heavy (non-hydrogen) atoms. The minimum Gasteiger partial charge on any atom is -0.489 e. The monoisotopic (exact) mass is 293 g/mol. The van der Waals surface area contributed by atoms with Crippen molar-refractivity contribution >= 4 is 0 Å². The molecule has 2 rings (SSSR count). The van der Waals surface area contributed by atoms with Crippen LogP contribution in [0.5, 0.6) is 0 Å². The molecule has 0 spiro atoms. The van der Waals surface area contributed by atoms with Gasteiger partial charge in [-0.05, 0) is 54.4 Å². The van der Waals surface area contributed by atoms with Crippen LogP contribution in [0.1, 0.15) is 31.2 Å². The molecule has 0 saturated heterocycles. The maximum atomic E-state index is 8.80. The zero-order valence-corrected chi connectivity index (χ0v) is 13.0. The summed E-state index contributed by atoms with van der Waals surface area (Å²) in [7, 11) is 0. The van der Waals surface area contributed by atoms with E-state index in [1.807, 2.05) is 36.4 Å². The van der Waals surface area contributed by atoms with E-state index < -0.39 is 0 Å². The van der Waals surface area contributed by atoms with E-state index in [0.717, 1.165) is 36.2 Å². The summed E-state index contributed by atoms with van der Waals surface area (Å²) in [5, 5.41) is 8.80. The molecule has 0 aromatic heterocycles. The first-order valence-corrected chi connectivity index (χ1v) is 7.79. The molecule has 1 aromatic rings. The quantitative estimate of drug-likeness (QED) is 0.514. The summed E-state index contributed by atoms with van der Waals surface area (Å²) in [6.45, 7) is 8.54. The van der Waals surface area contributed by atoms with Crippen molar-refractivity contribution in [3.05, 3.63) is 72.5 Å². The fourth-order valence-electron chi connectivity index (χ4n) is 2.93. The van der Waals surface area contributed by atoms with Crippen LogP contribution in [0.2, 0.25) is 0 Å². The predicted octanol–water partition coefficient (Wildman–Crippen LogP) is 5.16. The maximum Gasteiger partial charge on any atom is 0.119 e. The van der Waals surface area contributed by atoms with Crippen LogP contribution in [0.15, 0.2) is 67.0 Å². The van der Waals surface area contributed by atoms with Crippen LogP contribution in [0.3, 0.4) is 0 Å². The highest BCUT2D eigenvalue weighted by Gasteiger charge is 2.25. The Morgan fingerprint density at radius 2 is 2.09 bits per heavy atom. The molecule has 1 aliphatic rings. The van der Waals surface area contributed by atoms with Crippen molar-refractivity contribution in [2.24, 2.45) is 11.8 Å². The lowest BCUT2D eigenvalue weighted by Gasteiger charge is -2.12. The normalized spacial score (nSPS) is 21.1. The van der Waals surface area contributed by atoms with E-state index in [9.17, 15) is 0 Å². The molecule has 2 heteroatoms. The third-order valence-electron chi connectivity index (χ3n) is 4.22. The Bertz CT molecular complexity index is 579. The summed E-state index contributed by atoms with van der Waals surface area (Å²) >= 11 is 0. The molecule has 114 valence electrons. The van der Waals surface area contributed by atoms with E-state index in [1.165, 1.54) is 0 Å². The number of hydrogen-bond donors (Lipinski definition) is 0. The van der Waals surface area contributed by atoms with E-state index in [4.69, 9.17) is 10.00 Å². The number of nitrogens with zero attached hydrogens (tertiary/aromatic N) is 1. The van der Waals surface area contributed by atoms with Gasteiger partial charge in [-0.15, -0.1) is 0 Å². The summed E-state index contributed by atoms with van der Waals surface area (Å²) < 4.78 is 5.81. The second-order valence-corrected chi connectivity index (χ2v) is 5.84. The molecule has 0 heterocycles. The standard InChI is InChI=1S/C20H23NO/c1-3-20(22-15-18-7-5-4-6-8-18)13-16(2)19-10-9-17(14-19)11-12-21/h3-8,13,17,19H,1-2,9-11,14-15H2/b20-13+. The van der Waals surface area contributed by atoms with Crippen molar-refractivity contribution in [1.82, 2.24) is 0 Å². The minimum absolute atomic E-state index is 0.466. The Morgan fingerprint density at radius 3 is 2.77 bits per heavy atom. The summed E-state index contributed by atoms with van der Waals surface area (Å²) in [4.78, 5) is 0. The van der Waals surface area contributed by atoms with Gasteiger partial charge in [0.25, 0.3) is 0 Å². The van der Waals surface area contributed by atoms with E-state index in [1.54, 1.807) is 6.08 Å². The second kappa shape index (κ2) is 8.24. The number of ether oxygens (including phenoxy) is 1. The molecule has 2 atom stereocenters. The zero-order chi connectivity index (χ0) is 15.8. The first kappa shape index (κ1) is 16.1. The van der Waals surface area contributed by atoms with Crippen molar-refractivity contribution in [3.8, 4) is 6.07 Å². The third-order valence-corrected chi connectivity index (χ3v) is 4.22. The van der Waals surface area contributed by atoms with Crippen LogP contribution in [0.4, 0.5) is 0 Å². The lowest BCUT2D eigenvalue weighted by molar-refractivity contribution is 0.211. The Hall–Kier alpha value is -2.27. The van der Waals surface area contributed by atoms with Gasteiger partial charge < -0.3 is 4.74 Å². The van der Waals surface area contributed by atoms with Gasteiger partial charge in [0.15, 0.2) is 0 Å². The van der Waals surface area contributed by atoms with Crippen LogP contribution in [0, 0.1) is 23.2 Å². The minimum atomic E-state index is 0.466. The molecule has 1 aromatic carbocycles. The molecule has 1 fully saturated rings. The molecule has 0 bridgehead atoms. The Balaban J connectivity index is 1.90. The number of benzene rings is 1. The van der Waals surface area contributed by atoms with Crippen LogP contribution < -0.4 is 0 Å². The van der Waals surface area contributed by atoms with Gasteiger partial charge in [-0.25, -0.2) is 0 Å². The topological polar surface area (TPSA) is 33.0 Å². The van der Waals surface area contributed by atoms with E-state index >= 15 is 0 Å². The van der Waals surface area contributed by atoms with Gasteiger partial charge >= 0.3 is 0 Å². The lowest BCUT2D eigenvalue weighted by Crippen LogP contribution is -1.99. The fraction of sp³-hybridized carbons (Fsp3) is 0.350. The molecule has 0 aliphatic heterocycles. The highest BCUT2D eigenvalue weighted by molar-refractivity contribution is 5.26. The fourth-order valence-corrected chi connectivity index (χ4v) is 2.93. The van der Waals surface area contributed by atoms with Gasteiger partial charge in [-0.2, -0.15) is 5.26 Å². The summed E-state index contributed by atoms with van der Waals surface area (Å²) in [5.41, 5.74) is 2.22. The van der Waals surface area contributed by atoms with Crippen molar-refractivity contribution in [2.45, 2.75) is 32.3 Å². The molecule has 0 amide bonds. The largest absolute Gasteiger partial charge is 0.489 e. The molecule has 2 unspecified atom stereocenters. The Labute approximate surface area is 133 Å². The number of hydrogen-bond acceptors (Lipinski definition) is 2. The molecule has 2 nitrogen and oxygen atoms in total. The predicted molar refractivity (Wildman–Crippen MR) is 89.7 cm³/mol. The van der Waals surface area contributed by atoms with Gasteiger partial charge in [0.2, 0.25) is 0 Å². The molecular formula is C20H23NO. The van der Waals surface area contributed by atoms with Crippen molar-refractivity contribution in [2.75, 3.05) is 0 Å². The van der Waals surface area contributed by atoms with Gasteiger partial charge in [0.05, 0.1) is 6.07 Å². The molecule has 0 radical (unpaired) electrons. The second-order valence-electron chi connectivity index (χ2n) is 5.84. The number of nitriles is 1. The highest BCUT2D eigenvalue weighted by Crippen LogP contribution is 2.37. The Morgan fingerprint density at radius 1 is 1.32 bits per heavy atom. The van der Waals surface area contributed by atoms with E-state index in [-0.39, 0.29) is 0 Å². The summed E-state index contributed by atoms with van der Waals surface area (Å²) in [6, 6.07) is 12.4. The summed E-state index contributed by atoms with van der Waals surface area (Å²) in [6.07, 6.45) is 7.69. The molecule has 1 aliphatic carbocycles. The molecule has 1 saturated carbocycles. The summed E-state index contributed by atoms with van der Waals surface area (Å²) in [5.74, 6) is 1.75. The average Bonchev–Trinajstić information content (AvgIpc) is 3.01. The van der Waals surface area contributed by atoms with Crippen LogP contribution in [-0.2, 0) is 11.3 Å². The van der Waals surface area contributed by atoms with Crippen molar-refractivity contribution in [3.63, 3.8) is 0 Å². The molecular weight excluding hydrogens is 270 g/mol. The van der Waals surface area contributed by atoms with Gasteiger partial charge in [-0.3, -0.25) is 0 Å². The van der Waals surface area contributed by atoms with Gasteiger partial charge in [-0.1, -0.05) is 43.5 Å². The van der Waals surface area contributed by atoms with Gasteiger partial charge in [0, 0.05) is 6.42 Å². The lowest BCUT2D eigenvalue weighted by atomic mass is 9.96. The first-order chi connectivity index (χ1) is 10.7. The van der Waals surface area contributed by atoms with E-state index in [0.29, 0.717) is 24.9 Å². The average molecular weight is 293 g/mol. The number of rotatable bonds is 7. The maximum absolute atomic E-state index is 8.80. The smallest absolute Gasteiger partial charge is 0.119 e. The highest BCUT2D eigenvalue weighted by atomic mass is 16.5. The van der Waals surface area contributed by atoms with Crippen LogP contribution >= 0.6 is 0 Å². The first-order valence-electron chi connectivity index (χ1n) is 7.79. The number of allylic oxidation sites excluding steroid dienone is 3. The van der Waals surface area contributed by atoms with Crippen LogP contribution in [-0.4, -0.2) is 0 Å². The van der Waals surface area contributed by atoms with Crippen molar-refractivity contribution < 1.29 is 4.74 Å². The van der Waals surface area contributed by atoms with Crippen molar-refractivity contribution in [1.29, 1.82) is 5.26 Å².